The number of allylic oxidation sites excluding steroid dienone is 1. The number of hydrogen-bond acceptors (Lipinski definition) is 0. The standard InChI is InChI=1S/C21H18.3C2H6.CH4/c1-3-14-10-7-11-18-20-13-16-9-6-5-8-15(16)12-19(20)17(4-2)21(14)18;3*1-2;/h4-13H,3H2,1-2H3;3*1-2H3;1H4/b17-4-;;;;. The molecule has 0 amide bonds. The van der Waals surface area contributed by atoms with E-state index in [1.165, 1.54) is 44.2 Å². The Bertz CT molecular complexity index is 882. The van der Waals surface area contributed by atoms with Crippen molar-refractivity contribution < 1.29 is 0 Å². The molecule has 0 saturated heterocycles. The van der Waals surface area contributed by atoms with Crippen LogP contribution in [0, 0.1) is 0 Å². The van der Waals surface area contributed by atoms with Gasteiger partial charge in [-0.2, -0.15) is 0 Å². The van der Waals surface area contributed by atoms with Gasteiger partial charge >= 0.3 is 0 Å². The number of rotatable bonds is 1. The Balaban J connectivity index is 0.000000957. The van der Waals surface area contributed by atoms with Crippen molar-refractivity contribution in [3.63, 3.8) is 0 Å². The van der Waals surface area contributed by atoms with Crippen molar-refractivity contribution >= 4 is 16.3 Å². The molecule has 0 unspecified atom stereocenters. The highest BCUT2D eigenvalue weighted by Crippen LogP contribution is 2.47. The van der Waals surface area contributed by atoms with Gasteiger partial charge in [0, 0.05) is 0 Å². The Morgan fingerprint density at radius 2 is 1.21 bits per heavy atom. The molecule has 152 valence electrons. The van der Waals surface area contributed by atoms with Gasteiger partial charge in [-0.25, -0.2) is 0 Å². The Labute approximate surface area is 174 Å². The molecule has 0 heterocycles. The maximum Gasteiger partial charge on any atom is -0.00703 e. The minimum Gasteiger partial charge on any atom is -0.0791 e. The van der Waals surface area contributed by atoms with E-state index in [4.69, 9.17) is 0 Å². The summed E-state index contributed by atoms with van der Waals surface area (Å²) in [6.07, 6.45) is 3.34. The van der Waals surface area contributed by atoms with Crippen LogP contribution in [-0.4, -0.2) is 0 Å². The second-order valence-corrected chi connectivity index (χ2v) is 5.64. The van der Waals surface area contributed by atoms with E-state index in [1.807, 2.05) is 41.5 Å². The van der Waals surface area contributed by atoms with Gasteiger partial charge < -0.3 is 0 Å². The van der Waals surface area contributed by atoms with Gasteiger partial charge in [0.2, 0.25) is 0 Å². The van der Waals surface area contributed by atoms with Gasteiger partial charge in [-0.3, -0.25) is 0 Å². The zero-order valence-corrected chi connectivity index (χ0v) is 18.5. The predicted molar refractivity (Wildman–Crippen MR) is 132 cm³/mol. The van der Waals surface area contributed by atoms with E-state index in [-0.39, 0.29) is 7.43 Å². The van der Waals surface area contributed by atoms with Gasteiger partial charge in [0.25, 0.3) is 0 Å². The first kappa shape index (κ1) is 25.7. The summed E-state index contributed by atoms with van der Waals surface area (Å²) >= 11 is 0. The number of fused-ring (bicyclic) bond motifs is 4. The van der Waals surface area contributed by atoms with E-state index in [0.29, 0.717) is 0 Å². The zero-order chi connectivity index (χ0) is 20.4. The fourth-order valence-electron chi connectivity index (χ4n) is 3.56. The van der Waals surface area contributed by atoms with Crippen LogP contribution in [0.25, 0.3) is 27.5 Å². The summed E-state index contributed by atoms with van der Waals surface area (Å²) in [5, 5.41) is 2.64. The molecule has 0 heteroatoms. The molecule has 0 N–H and O–H groups in total. The van der Waals surface area contributed by atoms with Crippen molar-refractivity contribution in [3.8, 4) is 11.1 Å². The Morgan fingerprint density at radius 1 is 0.679 bits per heavy atom. The summed E-state index contributed by atoms with van der Waals surface area (Å²) < 4.78 is 0. The van der Waals surface area contributed by atoms with Crippen LogP contribution >= 0.6 is 0 Å². The van der Waals surface area contributed by atoms with Gasteiger partial charge in [0.05, 0.1) is 0 Å². The van der Waals surface area contributed by atoms with Gasteiger partial charge in [0.15, 0.2) is 0 Å². The second-order valence-electron chi connectivity index (χ2n) is 5.64. The molecule has 4 rings (SSSR count). The molecule has 0 fully saturated rings. The average Bonchev–Trinajstić information content (AvgIpc) is 3.09. The van der Waals surface area contributed by atoms with Crippen LogP contribution in [0.3, 0.4) is 0 Å². The lowest BCUT2D eigenvalue weighted by Crippen LogP contribution is -1.89. The molecule has 0 spiro atoms. The van der Waals surface area contributed by atoms with Crippen LogP contribution in [0.1, 0.15) is 79.5 Å². The second kappa shape index (κ2) is 12.9. The third-order valence-electron chi connectivity index (χ3n) is 4.56. The zero-order valence-electron chi connectivity index (χ0n) is 18.5. The number of aryl methyl sites for hydroxylation is 1. The van der Waals surface area contributed by atoms with Crippen molar-refractivity contribution in [2.75, 3.05) is 0 Å². The minimum atomic E-state index is 0. The highest BCUT2D eigenvalue weighted by atomic mass is 14.3. The van der Waals surface area contributed by atoms with Gasteiger partial charge in [-0.1, -0.05) is 104 Å². The van der Waals surface area contributed by atoms with Crippen molar-refractivity contribution in [1.29, 1.82) is 0 Å². The van der Waals surface area contributed by atoms with Crippen LogP contribution in [0.2, 0.25) is 0 Å². The lowest BCUT2D eigenvalue weighted by molar-refractivity contribution is 1.13. The molecule has 28 heavy (non-hydrogen) atoms. The van der Waals surface area contributed by atoms with Crippen LogP contribution < -0.4 is 0 Å². The van der Waals surface area contributed by atoms with Crippen molar-refractivity contribution in [2.24, 2.45) is 0 Å². The first-order valence-corrected chi connectivity index (χ1v) is 10.7. The summed E-state index contributed by atoms with van der Waals surface area (Å²) in [6, 6.07) is 20.0. The number of benzene rings is 3. The molecular formula is C28H40. The summed E-state index contributed by atoms with van der Waals surface area (Å²) in [5.74, 6) is 0. The normalized spacial score (nSPS) is 11.5. The Kier molecular flexibility index (Phi) is 11.9. The van der Waals surface area contributed by atoms with Crippen molar-refractivity contribution in [2.45, 2.75) is 69.2 Å². The minimum absolute atomic E-state index is 0. The highest BCUT2D eigenvalue weighted by Gasteiger charge is 2.25. The van der Waals surface area contributed by atoms with E-state index in [0.717, 1.165) is 6.42 Å². The molecule has 0 aromatic heterocycles. The molecule has 3 aromatic carbocycles. The largest absolute Gasteiger partial charge is 0.0791 e. The van der Waals surface area contributed by atoms with Gasteiger partial charge in [-0.15, -0.1) is 0 Å². The number of hydrogen-bond donors (Lipinski definition) is 0. The Hall–Kier alpha value is -2.34. The molecule has 1 aliphatic rings. The van der Waals surface area contributed by atoms with E-state index >= 15 is 0 Å². The molecule has 1 aliphatic carbocycles. The fraction of sp³-hybridized carbons (Fsp3) is 0.357. The van der Waals surface area contributed by atoms with E-state index < -0.39 is 0 Å². The first-order valence-electron chi connectivity index (χ1n) is 10.7. The highest BCUT2D eigenvalue weighted by molar-refractivity contribution is 6.06. The third kappa shape index (κ3) is 4.73. The summed E-state index contributed by atoms with van der Waals surface area (Å²) in [7, 11) is 0. The maximum atomic E-state index is 2.35. The van der Waals surface area contributed by atoms with Gasteiger partial charge in [0.1, 0.15) is 0 Å². The maximum absolute atomic E-state index is 2.35. The third-order valence-corrected chi connectivity index (χ3v) is 4.56. The molecule has 0 radical (unpaired) electrons. The fourth-order valence-corrected chi connectivity index (χ4v) is 3.56. The van der Waals surface area contributed by atoms with Gasteiger partial charge in [-0.05, 0) is 69.6 Å². The van der Waals surface area contributed by atoms with E-state index in [9.17, 15) is 0 Å². The smallest absolute Gasteiger partial charge is 0.00703 e. The van der Waals surface area contributed by atoms with Crippen molar-refractivity contribution in [3.05, 3.63) is 77.4 Å². The molecule has 0 aliphatic heterocycles. The monoisotopic (exact) mass is 376 g/mol. The Morgan fingerprint density at radius 3 is 1.71 bits per heavy atom. The molecule has 0 atom stereocenters. The van der Waals surface area contributed by atoms with E-state index in [1.54, 1.807) is 0 Å². The summed E-state index contributed by atoms with van der Waals surface area (Å²) in [5.41, 5.74) is 8.43. The summed E-state index contributed by atoms with van der Waals surface area (Å²) in [6.45, 7) is 16.4. The van der Waals surface area contributed by atoms with Crippen molar-refractivity contribution in [1.82, 2.24) is 0 Å². The summed E-state index contributed by atoms with van der Waals surface area (Å²) in [4.78, 5) is 0. The predicted octanol–water partition coefficient (Wildman–Crippen LogP) is 9.55. The lowest BCUT2D eigenvalue weighted by Gasteiger charge is -2.07. The SMILES string of the molecule is C.C/C=C1/c2cc3ccccc3cc2-c2cccc(CC)c21.CC.CC.CC. The molecule has 0 bridgehead atoms. The van der Waals surface area contributed by atoms with Crippen LogP contribution in [0.15, 0.2) is 60.7 Å². The quantitative estimate of drug-likeness (QED) is 0.310. The lowest BCUT2D eigenvalue weighted by atomic mass is 9.96. The molecule has 3 aromatic rings. The van der Waals surface area contributed by atoms with Crippen LogP contribution in [0.4, 0.5) is 0 Å². The topological polar surface area (TPSA) is 0 Å². The van der Waals surface area contributed by atoms with Crippen LogP contribution in [-0.2, 0) is 6.42 Å². The average molecular weight is 377 g/mol. The molecular weight excluding hydrogens is 336 g/mol. The molecule has 0 nitrogen and oxygen atoms in total. The molecule has 0 saturated carbocycles. The van der Waals surface area contributed by atoms with E-state index in [2.05, 4.69) is 74.5 Å². The van der Waals surface area contributed by atoms with Crippen LogP contribution in [0.5, 0.6) is 0 Å². The first-order chi connectivity index (χ1) is 13.3.